The summed E-state index contributed by atoms with van der Waals surface area (Å²) in [6, 6.07) is 14.4. The maximum atomic E-state index is 9.55. The van der Waals surface area contributed by atoms with Gasteiger partial charge in [-0.05, 0) is 29.2 Å². The molecule has 2 aromatic rings. The molecule has 2 rings (SSSR count). The Kier molecular flexibility index (Phi) is 4.00. The van der Waals surface area contributed by atoms with Gasteiger partial charge in [0.05, 0.1) is 13.2 Å². The quantitative estimate of drug-likeness (QED) is 0.849. The number of aliphatic hydroxyl groups is 2. The summed E-state index contributed by atoms with van der Waals surface area (Å²) in [4.78, 5) is 0. The lowest BCUT2D eigenvalue weighted by molar-refractivity contribution is 0.0517. The van der Waals surface area contributed by atoms with E-state index >= 15 is 0 Å². The zero-order valence-corrected chi connectivity index (χ0v) is 10.8. The molecule has 2 N–H and O–H groups in total. The maximum absolute atomic E-state index is 9.55. The average molecular weight is 244 g/mol. The molecule has 2 aromatic carbocycles. The molecule has 0 fully saturated rings. The minimum absolute atomic E-state index is 0.0171. The molecule has 0 bridgehead atoms. The zero-order chi connectivity index (χ0) is 13.0. The molecule has 2 nitrogen and oxygen atoms in total. The molecule has 0 aliphatic carbocycles. The second-order valence-corrected chi connectivity index (χ2v) is 4.98. The molecule has 0 saturated heterocycles. The van der Waals surface area contributed by atoms with Crippen LogP contribution in [0.15, 0.2) is 42.5 Å². The lowest BCUT2D eigenvalue weighted by atomic mass is 9.79. The van der Waals surface area contributed by atoms with Crippen LogP contribution in [0.1, 0.15) is 18.9 Å². The van der Waals surface area contributed by atoms with Crippen molar-refractivity contribution in [2.75, 3.05) is 13.2 Å². The van der Waals surface area contributed by atoms with Crippen molar-refractivity contribution in [1.29, 1.82) is 0 Å². The van der Waals surface area contributed by atoms with Crippen molar-refractivity contribution in [3.05, 3.63) is 48.0 Å². The molecule has 0 radical (unpaired) electrons. The van der Waals surface area contributed by atoms with E-state index in [0.29, 0.717) is 6.42 Å². The van der Waals surface area contributed by atoms with Crippen LogP contribution in [0.2, 0.25) is 0 Å². The summed E-state index contributed by atoms with van der Waals surface area (Å²) in [5.74, 6) is 0. The third kappa shape index (κ3) is 2.40. The zero-order valence-electron chi connectivity index (χ0n) is 10.8. The van der Waals surface area contributed by atoms with Crippen molar-refractivity contribution in [2.24, 2.45) is 5.41 Å². The number of hydrogen-bond acceptors (Lipinski definition) is 2. The number of fused-ring (bicyclic) bond motifs is 1. The molecule has 18 heavy (non-hydrogen) atoms. The van der Waals surface area contributed by atoms with E-state index in [0.717, 1.165) is 6.42 Å². The molecular formula is C16H20O2. The second kappa shape index (κ2) is 5.51. The average Bonchev–Trinajstić information content (AvgIpc) is 2.45. The summed E-state index contributed by atoms with van der Waals surface area (Å²) in [5, 5.41) is 21.5. The van der Waals surface area contributed by atoms with Crippen LogP contribution in [0.3, 0.4) is 0 Å². The predicted octanol–water partition coefficient (Wildman–Crippen LogP) is 2.76. The Balaban J connectivity index is 2.42. The third-order valence-corrected chi connectivity index (χ3v) is 3.87. The van der Waals surface area contributed by atoms with Gasteiger partial charge in [-0.15, -0.1) is 0 Å². The van der Waals surface area contributed by atoms with Crippen molar-refractivity contribution in [2.45, 2.75) is 19.8 Å². The molecule has 0 saturated carbocycles. The molecule has 0 spiro atoms. The number of aliphatic hydroxyl groups excluding tert-OH is 2. The van der Waals surface area contributed by atoms with Gasteiger partial charge in [-0.3, -0.25) is 0 Å². The van der Waals surface area contributed by atoms with Crippen molar-refractivity contribution in [3.63, 3.8) is 0 Å². The lowest BCUT2D eigenvalue weighted by Crippen LogP contribution is -2.31. The topological polar surface area (TPSA) is 40.5 Å². The molecule has 2 heteroatoms. The van der Waals surface area contributed by atoms with E-state index in [-0.39, 0.29) is 13.2 Å². The summed E-state index contributed by atoms with van der Waals surface area (Å²) in [7, 11) is 0. The van der Waals surface area contributed by atoms with Gasteiger partial charge >= 0.3 is 0 Å². The Morgan fingerprint density at radius 2 is 1.61 bits per heavy atom. The van der Waals surface area contributed by atoms with Crippen molar-refractivity contribution < 1.29 is 10.2 Å². The highest BCUT2D eigenvalue weighted by Crippen LogP contribution is 2.29. The van der Waals surface area contributed by atoms with Crippen LogP contribution in [0.5, 0.6) is 0 Å². The summed E-state index contributed by atoms with van der Waals surface area (Å²) in [6.45, 7) is 2.05. The Labute approximate surface area is 108 Å². The Bertz CT molecular complexity index is 502. The molecule has 0 aliphatic heterocycles. The lowest BCUT2D eigenvalue weighted by Gasteiger charge is -2.29. The van der Waals surface area contributed by atoms with Gasteiger partial charge in [0.2, 0.25) is 0 Å². The minimum atomic E-state index is -0.413. The normalized spacial score (nSPS) is 11.9. The van der Waals surface area contributed by atoms with Crippen LogP contribution < -0.4 is 0 Å². The fraction of sp³-hybridized carbons (Fsp3) is 0.375. The van der Waals surface area contributed by atoms with Crippen molar-refractivity contribution in [1.82, 2.24) is 0 Å². The van der Waals surface area contributed by atoms with Gasteiger partial charge in [0.25, 0.3) is 0 Å². The molecule has 0 amide bonds. The molecule has 0 unspecified atom stereocenters. The fourth-order valence-electron chi connectivity index (χ4n) is 2.36. The first kappa shape index (κ1) is 13.1. The van der Waals surface area contributed by atoms with Crippen LogP contribution in [-0.2, 0) is 6.42 Å². The number of benzene rings is 2. The Hall–Kier alpha value is -1.38. The van der Waals surface area contributed by atoms with E-state index in [1.165, 1.54) is 16.3 Å². The SMILES string of the molecule is CCC(CO)(CO)Cc1cccc2ccccc12. The molecule has 96 valence electrons. The summed E-state index contributed by atoms with van der Waals surface area (Å²) < 4.78 is 0. The third-order valence-electron chi connectivity index (χ3n) is 3.87. The first-order valence-corrected chi connectivity index (χ1v) is 6.43. The van der Waals surface area contributed by atoms with Crippen molar-refractivity contribution >= 4 is 10.8 Å². The van der Waals surface area contributed by atoms with Crippen LogP contribution in [0.4, 0.5) is 0 Å². The van der Waals surface area contributed by atoms with Crippen LogP contribution >= 0.6 is 0 Å². The molecule has 0 heterocycles. The summed E-state index contributed by atoms with van der Waals surface area (Å²) in [5.41, 5.74) is 0.780. The van der Waals surface area contributed by atoms with Gasteiger partial charge in [0.1, 0.15) is 0 Å². The first-order chi connectivity index (χ1) is 8.74. The smallest absolute Gasteiger partial charge is 0.0512 e. The van der Waals surface area contributed by atoms with Gasteiger partial charge in [-0.1, -0.05) is 49.4 Å². The van der Waals surface area contributed by atoms with Crippen LogP contribution in [0, 0.1) is 5.41 Å². The maximum Gasteiger partial charge on any atom is 0.0512 e. The fourth-order valence-corrected chi connectivity index (χ4v) is 2.36. The molecule has 0 aromatic heterocycles. The highest BCUT2D eigenvalue weighted by molar-refractivity contribution is 5.85. The van der Waals surface area contributed by atoms with E-state index in [1.807, 2.05) is 25.1 Å². The highest BCUT2D eigenvalue weighted by Gasteiger charge is 2.27. The Morgan fingerprint density at radius 1 is 0.944 bits per heavy atom. The van der Waals surface area contributed by atoms with Gasteiger partial charge in [0, 0.05) is 5.41 Å². The monoisotopic (exact) mass is 244 g/mol. The number of hydrogen-bond donors (Lipinski definition) is 2. The van der Waals surface area contributed by atoms with Gasteiger partial charge < -0.3 is 10.2 Å². The highest BCUT2D eigenvalue weighted by atomic mass is 16.3. The second-order valence-electron chi connectivity index (χ2n) is 4.98. The van der Waals surface area contributed by atoms with E-state index in [2.05, 4.69) is 24.3 Å². The number of rotatable bonds is 5. The molecule has 0 aliphatic rings. The van der Waals surface area contributed by atoms with E-state index < -0.39 is 5.41 Å². The summed E-state index contributed by atoms with van der Waals surface area (Å²) in [6.07, 6.45) is 1.47. The van der Waals surface area contributed by atoms with E-state index in [9.17, 15) is 10.2 Å². The largest absolute Gasteiger partial charge is 0.396 e. The van der Waals surface area contributed by atoms with Gasteiger partial charge in [0.15, 0.2) is 0 Å². The first-order valence-electron chi connectivity index (χ1n) is 6.43. The van der Waals surface area contributed by atoms with Crippen LogP contribution in [0.25, 0.3) is 10.8 Å². The van der Waals surface area contributed by atoms with Gasteiger partial charge in [-0.2, -0.15) is 0 Å². The van der Waals surface area contributed by atoms with E-state index in [1.54, 1.807) is 0 Å². The van der Waals surface area contributed by atoms with Gasteiger partial charge in [-0.25, -0.2) is 0 Å². The molecular weight excluding hydrogens is 224 g/mol. The predicted molar refractivity (Wildman–Crippen MR) is 74.5 cm³/mol. The Morgan fingerprint density at radius 3 is 2.28 bits per heavy atom. The van der Waals surface area contributed by atoms with Crippen LogP contribution in [-0.4, -0.2) is 23.4 Å². The summed E-state index contributed by atoms with van der Waals surface area (Å²) >= 11 is 0. The molecule has 0 atom stereocenters. The standard InChI is InChI=1S/C16H20O2/c1-2-16(11-17,12-18)10-14-8-5-7-13-6-3-4-9-15(13)14/h3-9,17-18H,2,10-12H2,1H3. The van der Waals surface area contributed by atoms with E-state index in [4.69, 9.17) is 0 Å². The van der Waals surface area contributed by atoms with Crippen molar-refractivity contribution in [3.8, 4) is 0 Å². The minimum Gasteiger partial charge on any atom is -0.396 e.